The monoisotopic (exact) mass is 387 g/mol. The summed E-state index contributed by atoms with van der Waals surface area (Å²) in [5.74, 6) is -1.37. The van der Waals surface area contributed by atoms with E-state index in [1.54, 1.807) is 4.90 Å². The predicted octanol–water partition coefficient (Wildman–Crippen LogP) is 1.40. The molecule has 0 saturated carbocycles. The molecule has 2 heterocycles. The number of nitrogens with zero attached hydrogens (tertiary/aromatic N) is 2. The van der Waals surface area contributed by atoms with Crippen LogP contribution in [0.5, 0.6) is 0 Å². The molecule has 7 heteroatoms. The van der Waals surface area contributed by atoms with E-state index in [-0.39, 0.29) is 11.8 Å². The number of rotatable bonds is 9. The second-order valence-corrected chi connectivity index (χ2v) is 7.61. The first kappa shape index (κ1) is 20.3. The Morgan fingerprint density at radius 3 is 2.61 bits per heavy atom. The highest BCUT2D eigenvalue weighted by Gasteiger charge is 2.50. The number of aryl methyl sites for hydroxylation is 1. The summed E-state index contributed by atoms with van der Waals surface area (Å²) in [6.07, 6.45) is 4.13. The van der Waals surface area contributed by atoms with E-state index in [1.165, 1.54) is 4.90 Å². The summed E-state index contributed by atoms with van der Waals surface area (Å²) in [5, 5.41) is 9.90. The van der Waals surface area contributed by atoms with E-state index < -0.39 is 24.1 Å². The number of nitrogens with two attached hydrogens (primary N) is 1. The number of aliphatic carboxylic acids is 1. The van der Waals surface area contributed by atoms with Crippen molar-refractivity contribution in [2.75, 3.05) is 13.1 Å². The Hall–Kier alpha value is -2.41. The number of piperazine rings is 1. The van der Waals surface area contributed by atoms with Gasteiger partial charge in [0.1, 0.15) is 18.1 Å². The van der Waals surface area contributed by atoms with Crippen molar-refractivity contribution >= 4 is 17.8 Å². The quantitative estimate of drug-likeness (QED) is 0.624. The number of carboxylic acids is 1. The fourth-order valence-corrected chi connectivity index (χ4v) is 4.37. The third-order valence-corrected chi connectivity index (χ3v) is 5.80. The fourth-order valence-electron chi connectivity index (χ4n) is 4.37. The first-order chi connectivity index (χ1) is 13.5. The molecule has 1 unspecified atom stereocenters. The van der Waals surface area contributed by atoms with Gasteiger partial charge < -0.3 is 20.6 Å². The second kappa shape index (κ2) is 9.19. The lowest BCUT2D eigenvalue weighted by atomic mass is 9.95. The van der Waals surface area contributed by atoms with Crippen LogP contribution in [0.15, 0.2) is 30.3 Å². The van der Waals surface area contributed by atoms with Gasteiger partial charge in [0.05, 0.1) is 0 Å². The summed E-state index contributed by atoms with van der Waals surface area (Å²) >= 11 is 0. The van der Waals surface area contributed by atoms with Crippen molar-refractivity contribution in [1.29, 1.82) is 0 Å². The number of benzene rings is 1. The Balaban J connectivity index is 1.83. The first-order valence-corrected chi connectivity index (χ1v) is 10.1. The van der Waals surface area contributed by atoms with Gasteiger partial charge in [0.15, 0.2) is 0 Å². The van der Waals surface area contributed by atoms with Gasteiger partial charge in [-0.25, -0.2) is 4.79 Å². The number of carbonyl (C=O) groups excluding carboxylic acids is 2. The van der Waals surface area contributed by atoms with Crippen LogP contribution in [0.1, 0.15) is 44.1 Å². The van der Waals surface area contributed by atoms with E-state index in [1.807, 2.05) is 30.3 Å². The van der Waals surface area contributed by atoms with Crippen LogP contribution in [0.4, 0.5) is 0 Å². The molecule has 0 aliphatic carbocycles. The van der Waals surface area contributed by atoms with Gasteiger partial charge in [-0.2, -0.15) is 0 Å². The van der Waals surface area contributed by atoms with Crippen LogP contribution in [0.2, 0.25) is 0 Å². The third kappa shape index (κ3) is 4.19. The second-order valence-electron chi connectivity index (χ2n) is 7.61. The molecule has 0 aromatic heterocycles. The highest BCUT2D eigenvalue weighted by atomic mass is 16.4. The standard InChI is InChI=1S/C21H29N3O4/c22-13-5-4-9-17-19(25)23-14-6-10-16(23)20(26)24(17)18(21(27)28)12-11-15-7-2-1-3-8-15/h1-3,7-8,16-18H,4-6,9-14,22H2,(H,27,28)/t16-,17-,18?/m0/s1. The van der Waals surface area contributed by atoms with Crippen LogP contribution in [0, 0.1) is 0 Å². The smallest absolute Gasteiger partial charge is 0.326 e. The molecule has 28 heavy (non-hydrogen) atoms. The Kier molecular flexibility index (Phi) is 6.67. The van der Waals surface area contributed by atoms with Gasteiger partial charge in [-0.05, 0) is 57.1 Å². The maximum Gasteiger partial charge on any atom is 0.326 e. The SMILES string of the molecule is NCCCC[C@H]1C(=O)N2CCC[C@H]2C(=O)N1C(CCc1ccccc1)C(=O)O. The van der Waals surface area contributed by atoms with Crippen molar-refractivity contribution in [3.63, 3.8) is 0 Å². The molecule has 3 rings (SSSR count). The highest BCUT2D eigenvalue weighted by molar-refractivity contribution is 5.99. The Morgan fingerprint density at radius 1 is 1.18 bits per heavy atom. The molecule has 2 saturated heterocycles. The number of carboxylic acid groups (broad SMARTS) is 1. The molecule has 0 radical (unpaired) electrons. The van der Waals surface area contributed by atoms with Gasteiger partial charge >= 0.3 is 5.97 Å². The van der Waals surface area contributed by atoms with Crippen molar-refractivity contribution in [2.45, 2.75) is 63.1 Å². The summed E-state index contributed by atoms with van der Waals surface area (Å²) < 4.78 is 0. The molecule has 2 aliphatic heterocycles. The topological polar surface area (TPSA) is 104 Å². The van der Waals surface area contributed by atoms with Crippen molar-refractivity contribution < 1.29 is 19.5 Å². The lowest BCUT2D eigenvalue weighted by Gasteiger charge is -2.45. The number of unbranched alkanes of at least 4 members (excludes halogenated alkanes) is 1. The van der Waals surface area contributed by atoms with E-state index in [0.29, 0.717) is 45.2 Å². The minimum absolute atomic E-state index is 0.106. The molecule has 3 atom stereocenters. The lowest BCUT2D eigenvalue weighted by Crippen LogP contribution is -2.66. The molecule has 1 aromatic carbocycles. The van der Waals surface area contributed by atoms with E-state index in [0.717, 1.165) is 18.4 Å². The molecule has 3 N–H and O–H groups in total. The summed E-state index contributed by atoms with van der Waals surface area (Å²) in [7, 11) is 0. The van der Waals surface area contributed by atoms with Crippen LogP contribution in [0.3, 0.4) is 0 Å². The Bertz CT molecular complexity index is 709. The highest BCUT2D eigenvalue weighted by Crippen LogP contribution is 2.31. The van der Waals surface area contributed by atoms with E-state index >= 15 is 0 Å². The van der Waals surface area contributed by atoms with Crippen LogP contribution < -0.4 is 5.73 Å². The van der Waals surface area contributed by atoms with Gasteiger partial charge in [-0.15, -0.1) is 0 Å². The molecule has 7 nitrogen and oxygen atoms in total. The van der Waals surface area contributed by atoms with Crippen LogP contribution in [0.25, 0.3) is 0 Å². The maximum atomic E-state index is 13.2. The van der Waals surface area contributed by atoms with Gasteiger partial charge in [-0.1, -0.05) is 30.3 Å². The lowest BCUT2D eigenvalue weighted by molar-refractivity contribution is -0.168. The molecule has 2 fully saturated rings. The van der Waals surface area contributed by atoms with Crippen molar-refractivity contribution in [2.24, 2.45) is 5.73 Å². The summed E-state index contributed by atoms with van der Waals surface area (Å²) in [5.41, 5.74) is 6.60. The van der Waals surface area contributed by atoms with Gasteiger partial charge in [0.25, 0.3) is 0 Å². The normalized spacial score (nSPS) is 23.0. The zero-order valence-electron chi connectivity index (χ0n) is 16.1. The summed E-state index contributed by atoms with van der Waals surface area (Å²) in [6.45, 7) is 1.09. The average Bonchev–Trinajstić information content (AvgIpc) is 3.18. The van der Waals surface area contributed by atoms with Gasteiger partial charge in [0.2, 0.25) is 11.8 Å². The van der Waals surface area contributed by atoms with Crippen LogP contribution >= 0.6 is 0 Å². The fraction of sp³-hybridized carbons (Fsp3) is 0.571. The largest absolute Gasteiger partial charge is 0.480 e. The van der Waals surface area contributed by atoms with E-state index in [9.17, 15) is 19.5 Å². The Labute approximate surface area is 165 Å². The number of carbonyl (C=O) groups is 3. The van der Waals surface area contributed by atoms with Gasteiger partial charge in [-0.3, -0.25) is 9.59 Å². The molecule has 152 valence electrons. The predicted molar refractivity (Wildman–Crippen MR) is 104 cm³/mol. The summed E-state index contributed by atoms with van der Waals surface area (Å²) in [6, 6.07) is 7.41. The maximum absolute atomic E-state index is 13.2. The van der Waals surface area contributed by atoms with Crippen molar-refractivity contribution in [3.05, 3.63) is 35.9 Å². The summed E-state index contributed by atoms with van der Waals surface area (Å²) in [4.78, 5) is 41.4. The zero-order valence-corrected chi connectivity index (χ0v) is 16.1. The molecular weight excluding hydrogens is 358 g/mol. The Morgan fingerprint density at radius 2 is 1.93 bits per heavy atom. The zero-order chi connectivity index (χ0) is 20.1. The van der Waals surface area contributed by atoms with Crippen molar-refractivity contribution in [1.82, 2.24) is 9.80 Å². The minimum Gasteiger partial charge on any atom is -0.480 e. The number of fused-ring (bicyclic) bond motifs is 1. The van der Waals surface area contributed by atoms with Gasteiger partial charge in [0, 0.05) is 6.54 Å². The molecular formula is C21H29N3O4. The number of hydrogen-bond acceptors (Lipinski definition) is 4. The van der Waals surface area contributed by atoms with Crippen LogP contribution in [-0.2, 0) is 20.8 Å². The molecule has 0 spiro atoms. The molecule has 1 aromatic rings. The van der Waals surface area contributed by atoms with Crippen LogP contribution in [-0.4, -0.2) is 63.9 Å². The average molecular weight is 387 g/mol. The molecule has 0 bridgehead atoms. The third-order valence-electron chi connectivity index (χ3n) is 5.80. The van der Waals surface area contributed by atoms with E-state index in [2.05, 4.69) is 0 Å². The first-order valence-electron chi connectivity index (χ1n) is 10.1. The molecule has 2 aliphatic rings. The number of amides is 2. The minimum atomic E-state index is -1.05. The van der Waals surface area contributed by atoms with Crippen molar-refractivity contribution in [3.8, 4) is 0 Å². The van der Waals surface area contributed by atoms with E-state index in [4.69, 9.17) is 5.73 Å². The molecule has 2 amide bonds. The number of hydrogen-bond donors (Lipinski definition) is 2.